The van der Waals surface area contributed by atoms with Gasteiger partial charge in [-0.2, -0.15) is 0 Å². The molecular weight excluding hydrogens is 136 g/mol. The molecule has 0 spiro atoms. The predicted octanol–water partition coefficient (Wildman–Crippen LogP) is 1.06. The molecule has 0 aliphatic heterocycles. The van der Waals surface area contributed by atoms with Crippen LogP contribution in [0.2, 0.25) is 0 Å². The van der Waals surface area contributed by atoms with Gasteiger partial charge in [0, 0.05) is 12.8 Å². The Morgan fingerprint density at radius 2 is 2.33 bits per heavy atom. The maximum atomic E-state index is 10.3. The van der Waals surface area contributed by atoms with Crippen LogP contribution in [0.25, 0.3) is 0 Å². The third kappa shape index (κ3) is 5.56. The fourth-order valence-electron chi connectivity index (χ4n) is 0.546. The summed E-state index contributed by atoms with van der Waals surface area (Å²) in [5, 5.41) is -0.149. The van der Waals surface area contributed by atoms with Crippen molar-refractivity contribution in [1.82, 2.24) is 0 Å². The molecule has 0 fully saturated rings. The minimum absolute atomic E-state index is 0.146. The van der Waals surface area contributed by atoms with Crippen LogP contribution in [-0.4, -0.2) is 11.4 Å². The summed E-state index contributed by atoms with van der Waals surface area (Å²) in [6.45, 7) is 1.85. The van der Waals surface area contributed by atoms with Gasteiger partial charge in [0.2, 0.25) is 0 Å². The maximum Gasteiger partial charge on any atom is 0.186 e. The van der Waals surface area contributed by atoms with Gasteiger partial charge in [0.25, 0.3) is 0 Å². The Kier molecular flexibility index (Phi) is 4.40. The molecule has 2 nitrogen and oxygen atoms in total. The summed E-state index contributed by atoms with van der Waals surface area (Å²) in [4.78, 5) is 20.1. The second-order valence-electron chi connectivity index (χ2n) is 2.11. The van der Waals surface area contributed by atoms with Crippen molar-refractivity contribution in [2.24, 2.45) is 5.92 Å². The lowest BCUT2D eigenvalue weighted by atomic mass is 10.1. The molecule has 0 radical (unpaired) electrons. The lowest BCUT2D eigenvalue weighted by Crippen LogP contribution is -1.99. The summed E-state index contributed by atoms with van der Waals surface area (Å²) >= 11 is 3.58. The van der Waals surface area contributed by atoms with Gasteiger partial charge < -0.3 is 4.79 Å². The average molecular weight is 146 g/mol. The molecule has 0 rings (SSSR count). The molecule has 0 aromatic rings. The molecule has 0 aliphatic carbocycles. The maximum absolute atomic E-state index is 10.3. The van der Waals surface area contributed by atoms with Crippen molar-refractivity contribution in [1.29, 1.82) is 0 Å². The minimum atomic E-state index is -0.149. The Bertz CT molecular complexity index is 112. The number of carbonyl (C=O) groups is 2. The van der Waals surface area contributed by atoms with Crippen molar-refractivity contribution in [3.05, 3.63) is 0 Å². The zero-order chi connectivity index (χ0) is 7.28. The summed E-state index contributed by atoms with van der Waals surface area (Å²) in [6, 6.07) is 0. The normalized spacial score (nSPS) is 12.7. The summed E-state index contributed by atoms with van der Waals surface area (Å²) in [6.07, 6.45) is 1.66. The molecular formula is C6H10O2S. The first-order chi connectivity index (χ1) is 4.16. The standard InChI is InChI=1S/C6H10O2S/c1-5(2-3-7)4-6(8)9/h3,5H,2,4H2,1H3,(H,8,9)/t5-/m0/s1. The topological polar surface area (TPSA) is 34.1 Å². The Morgan fingerprint density at radius 1 is 1.78 bits per heavy atom. The van der Waals surface area contributed by atoms with E-state index in [4.69, 9.17) is 0 Å². The molecule has 0 saturated heterocycles. The van der Waals surface area contributed by atoms with Crippen molar-refractivity contribution >= 4 is 24.0 Å². The molecule has 0 aliphatic rings. The summed E-state index contributed by atoms with van der Waals surface area (Å²) in [5.74, 6) is 0.146. The predicted molar refractivity (Wildman–Crippen MR) is 38.5 cm³/mol. The van der Waals surface area contributed by atoms with E-state index in [2.05, 4.69) is 12.6 Å². The molecule has 0 aromatic carbocycles. The SMILES string of the molecule is C[C@@H](CC=O)CC(=O)S. The van der Waals surface area contributed by atoms with Crippen LogP contribution in [0.4, 0.5) is 0 Å². The lowest BCUT2D eigenvalue weighted by Gasteiger charge is -2.00. The van der Waals surface area contributed by atoms with E-state index in [-0.39, 0.29) is 11.0 Å². The van der Waals surface area contributed by atoms with Crippen molar-refractivity contribution in [2.45, 2.75) is 19.8 Å². The van der Waals surface area contributed by atoms with Crippen LogP contribution >= 0.6 is 12.6 Å². The number of hydrogen-bond donors (Lipinski definition) is 1. The molecule has 0 saturated carbocycles. The second-order valence-corrected chi connectivity index (χ2v) is 2.60. The molecule has 0 bridgehead atoms. The Balaban J connectivity index is 3.37. The molecule has 9 heavy (non-hydrogen) atoms. The first kappa shape index (κ1) is 8.69. The smallest absolute Gasteiger partial charge is 0.186 e. The van der Waals surface area contributed by atoms with Crippen LogP contribution in [0.3, 0.4) is 0 Å². The highest BCUT2D eigenvalue weighted by molar-refractivity contribution is 7.96. The summed E-state index contributed by atoms with van der Waals surface area (Å²) < 4.78 is 0. The van der Waals surface area contributed by atoms with Crippen molar-refractivity contribution < 1.29 is 9.59 Å². The van der Waals surface area contributed by atoms with Crippen molar-refractivity contribution in [3.8, 4) is 0 Å². The molecule has 0 amide bonds. The number of thiol groups is 1. The summed E-state index contributed by atoms with van der Waals surface area (Å²) in [5.41, 5.74) is 0. The highest BCUT2D eigenvalue weighted by Crippen LogP contribution is 2.06. The Morgan fingerprint density at radius 3 is 2.67 bits per heavy atom. The largest absolute Gasteiger partial charge is 0.303 e. The lowest BCUT2D eigenvalue weighted by molar-refractivity contribution is -0.112. The first-order valence-electron chi connectivity index (χ1n) is 2.82. The third-order valence-electron chi connectivity index (χ3n) is 1.02. The summed E-state index contributed by atoms with van der Waals surface area (Å²) in [7, 11) is 0. The van der Waals surface area contributed by atoms with Crippen LogP contribution in [0.5, 0.6) is 0 Å². The monoisotopic (exact) mass is 146 g/mol. The van der Waals surface area contributed by atoms with Gasteiger partial charge in [-0.3, -0.25) is 4.79 Å². The van der Waals surface area contributed by atoms with Crippen LogP contribution < -0.4 is 0 Å². The number of aldehydes is 1. The molecule has 0 heterocycles. The van der Waals surface area contributed by atoms with Gasteiger partial charge >= 0.3 is 0 Å². The van der Waals surface area contributed by atoms with Crippen LogP contribution in [0.1, 0.15) is 19.8 Å². The fraction of sp³-hybridized carbons (Fsp3) is 0.667. The fourth-order valence-corrected chi connectivity index (χ4v) is 0.857. The van der Waals surface area contributed by atoms with E-state index in [9.17, 15) is 9.59 Å². The van der Waals surface area contributed by atoms with Crippen LogP contribution in [0, 0.1) is 5.92 Å². The van der Waals surface area contributed by atoms with Gasteiger partial charge in [-0.05, 0) is 5.92 Å². The first-order valence-corrected chi connectivity index (χ1v) is 3.27. The number of hydrogen-bond acceptors (Lipinski definition) is 2. The van der Waals surface area contributed by atoms with Crippen LogP contribution in [-0.2, 0) is 9.59 Å². The second kappa shape index (κ2) is 4.56. The molecule has 0 N–H and O–H groups in total. The molecule has 1 atom stereocenters. The minimum Gasteiger partial charge on any atom is -0.303 e. The van der Waals surface area contributed by atoms with Gasteiger partial charge in [0.1, 0.15) is 6.29 Å². The van der Waals surface area contributed by atoms with E-state index in [0.717, 1.165) is 6.29 Å². The number of carbonyl (C=O) groups excluding carboxylic acids is 2. The van der Waals surface area contributed by atoms with Crippen molar-refractivity contribution in [3.63, 3.8) is 0 Å². The highest BCUT2D eigenvalue weighted by Gasteiger charge is 2.03. The Labute approximate surface area is 60.0 Å². The van der Waals surface area contributed by atoms with Crippen LogP contribution in [0.15, 0.2) is 0 Å². The van der Waals surface area contributed by atoms with Gasteiger partial charge in [-0.15, -0.1) is 12.6 Å². The van der Waals surface area contributed by atoms with Gasteiger partial charge in [-0.25, -0.2) is 0 Å². The highest BCUT2D eigenvalue weighted by atomic mass is 32.1. The zero-order valence-electron chi connectivity index (χ0n) is 5.33. The zero-order valence-corrected chi connectivity index (χ0v) is 6.23. The van der Waals surface area contributed by atoms with E-state index in [0.29, 0.717) is 12.8 Å². The van der Waals surface area contributed by atoms with E-state index in [1.165, 1.54) is 0 Å². The quantitative estimate of drug-likeness (QED) is 0.475. The molecule has 52 valence electrons. The molecule has 3 heteroatoms. The van der Waals surface area contributed by atoms with Crippen molar-refractivity contribution in [2.75, 3.05) is 0 Å². The van der Waals surface area contributed by atoms with E-state index in [1.54, 1.807) is 0 Å². The van der Waals surface area contributed by atoms with Gasteiger partial charge in [0.05, 0.1) is 0 Å². The van der Waals surface area contributed by atoms with E-state index < -0.39 is 0 Å². The molecule has 0 unspecified atom stereocenters. The van der Waals surface area contributed by atoms with E-state index >= 15 is 0 Å². The molecule has 0 aromatic heterocycles. The Hall–Kier alpha value is -0.310. The van der Waals surface area contributed by atoms with Gasteiger partial charge in [0.15, 0.2) is 5.12 Å². The third-order valence-corrected chi connectivity index (χ3v) is 1.20. The average Bonchev–Trinajstić information content (AvgIpc) is 1.63. The van der Waals surface area contributed by atoms with E-state index in [1.807, 2.05) is 6.92 Å². The number of rotatable bonds is 4. The van der Waals surface area contributed by atoms with Gasteiger partial charge in [-0.1, -0.05) is 6.92 Å².